The maximum absolute atomic E-state index is 14.0. The smallest absolute Gasteiger partial charge is 0.257 e. The van der Waals surface area contributed by atoms with Crippen molar-refractivity contribution in [3.8, 4) is 11.3 Å². The van der Waals surface area contributed by atoms with E-state index in [9.17, 15) is 14.0 Å². The van der Waals surface area contributed by atoms with Crippen LogP contribution in [0.2, 0.25) is 5.02 Å². The lowest BCUT2D eigenvalue weighted by Crippen LogP contribution is -2.50. The molecule has 6 nitrogen and oxygen atoms in total. The Kier molecular flexibility index (Phi) is 5.31. The summed E-state index contributed by atoms with van der Waals surface area (Å²) in [7, 11) is 0. The molecule has 0 spiro atoms. The van der Waals surface area contributed by atoms with Crippen LogP contribution in [-0.2, 0) is 0 Å². The number of nitrogens with zero attached hydrogens (tertiary/aromatic N) is 3. The minimum absolute atomic E-state index is 0.0570. The minimum Gasteiger partial charge on any atom is -0.335 e. The van der Waals surface area contributed by atoms with E-state index in [0.29, 0.717) is 42.5 Å². The SMILES string of the molecule is O=C(c1cc(Cl)ccc1F)N1CCN(C(=O)c2cn[nH]c2-c2ccccc2)CC1. The Morgan fingerprint density at radius 1 is 0.931 bits per heavy atom. The van der Waals surface area contributed by atoms with Crippen LogP contribution in [0.15, 0.2) is 54.7 Å². The molecule has 0 saturated carbocycles. The Morgan fingerprint density at radius 3 is 2.21 bits per heavy atom. The Balaban J connectivity index is 1.45. The van der Waals surface area contributed by atoms with Gasteiger partial charge in [0.25, 0.3) is 11.8 Å². The predicted octanol–water partition coefficient (Wildman–Crippen LogP) is 3.47. The van der Waals surface area contributed by atoms with E-state index in [0.717, 1.165) is 5.56 Å². The van der Waals surface area contributed by atoms with Gasteiger partial charge in [0.05, 0.1) is 23.0 Å². The van der Waals surface area contributed by atoms with Crippen LogP contribution >= 0.6 is 11.6 Å². The van der Waals surface area contributed by atoms with Gasteiger partial charge < -0.3 is 9.80 Å². The molecule has 148 valence electrons. The van der Waals surface area contributed by atoms with Crippen LogP contribution in [0, 0.1) is 5.82 Å². The third-order valence-electron chi connectivity index (χ3n) is 4.95. The van der Waals surface area contributed by atoms with Gasteiger partial charge in [-0.25, -0.2) is 4.39 Å². The summed E-state index contributed by atoms with van der Waals surface area (Å²) < 4.78 is 14.0. The van der Waals surface area contributed by atoms with Crippen molar-refractivity contribution in [2.75, 3.05) is 26.2 Å². The first kappa shape index (κ1) is 19.1. The number of benzene rings is 2. The molecule has 8 heteroatoms. The number of hydrogen-bond donors (Lipinski definition) is 1. The third kappa shape index (κ3) is 3.86. The average molecular weight is 413 g/mol. The standard InChI is InChI=1S/C21H18ClFN4O2/c22-15-6-7-18(23)16(12-15)20(28)26-8-10-27(11-9-26)21(29)17-13-24-25-19(17)14-4-2-1-3-5-14/h1-7,12-13H,8-11H2,(H,24,25). The lowest BCUT2D eigenvalue weighted by Gasteiger charge is -2.34. The number of carbonyl (C=O) groups excluding carboxylic acids is 2. The van der Waals surface area contributed by atoms with Crippen molar-refractivity contribution in [1.82, 2.24) is 20.0 Å². The summed E-state index contributed by atoms with van der Waals surface area (Å²) in [6.45, 7) is 1.34. The van der Waals surface area contributed by atoms with Crippen molar-refractivity contribution in [3.05, 3.63) is 76.7 Å². The summed E-state index contributed by atoms with van der Waals surface area (Å²) >= 11 is 5.89. The molecular weight excluding hydrogens is 395 g/mol. The molecule has 29 heavy (non-hydrogen) atoms. The molecule has 1 aliphatic heterocycles. The summed E-state index contributed by atoms with van der Waals surface area (Å²) in [6.07, 6.45) is 1.52. The highest BCUT2D eigenvalue weighted by Gasteiger charge is 2.28. The number of carbonyl (C=O) groups is 2. The number of aromatic amines is 1. The zero-order chi connectivity index (χ0) is 20.4. The molecule has 1 aliphatic rings. The van der Waals surface area contributed by atoms with E-state index in [2.05, 4.69) is 10.2 Å². The van der Waals surface area contributed by atoms with Crippen LogP contribution in [0.5, 0.6) is 0 Å². The van der Waals surface area contributed by atoms with Gasteiger partial charge in [0, 0.05) is 36.8 Å². The summed E-state index contributed by atoms with van der Waals surface area (Å²) in [4.78, 5) is 28.8. The van der Waals surface area contributed by atoms with E-state index >= 15 is 0 Å². The second-order valence-electron chi connectivity index (χ2n) is 6.73. The molecule has 0 bridgehead atoms. The fraction of sp³-hybridized carbons (Fsp3) is 0.190. The first-order valence-corrected chi connectivity index (χ1v) is 9.55. The maximum Gasteiger partial charge on any atom is 0.257 e. The molecule has 1 aromatic heterocycles. The number of nitrogens with one attached hydrogen (secondary N) is 1. The molecule has 2 amide bonds. The van der Waals surface area contributed by atoms with Crippen LogP contribution in [-0.4, -0.2) is 58.0 Å². The number of halogens is 2. The zero-order valence-corrected chi connectivity index (χ0v) is 16.2. The van der Waals surface area contributed by atoms with Crippen LogP contribution in [0.25, 0.3) is 11.3 Å². The largest absolute Gasteiger partial charge is 0.335 e. The van der Waals surface area contributed by atoms with Crippen molar-refractivity contribution in [2.45, 2.75) is 0 Å². The highest BCUT2D eigenvalue weighted by molar-refractivity contribution is 6.31. The summed E-state index contributed by atoms with van der Waals surface area (Å²) in [5.41, 5.74) is 1.96. The lowest BCUT2D eigenvalue weighted by atomic mass is 10.1. The van der Waals surface area contributed by atoms with Crippen molar-refractivity contribution >= 4 is 23.4 Å². The van der Waals surface area contributed by atoms with Crippen molar-refractivity contribution in [3.63, 3.8) is 0 Å². The Morgan fingerprint density at radius 2 is 1.55 bits per heavy atom. The van der Waals surface area contributed by atoms with Gasteiger partial charge in [-0.1, -0.05) is 41.9 Å². The van der Waals surface area contributed by atoms with Crippen LogP contribution in [0.4, 0.5) is 4.39 Å². The fourth-order valence-corrected chi connectivity index (χ4v) is 3.56. The quantitative estimate of drug-likeness (QED) is 0.716. The van der Waals surface area contributed by atoms with Gasteiger partial charge in [0.15, 0.2) is 0 Å². The molecule has 2 heterocycles. The summed E-state index contributed by atoms with van der Waals surface area (Å²) in [5, 5.41) is 7.21. The lowest BCUT2D eigenvalue weighted by molar-refractivity contribution is 0.0533. The van der Waals surface area contributed by atoms with Crippen LogP contribution in [0.1, 0.15) is 20.7 Å². The highest BCUT2D eigenvalue weighted by Crippen LogP contribution is 2.23. The predicted molar refractivity (Wildman–Crippen MR) is 107 cm³/mol. The first-order chi connectivity index (χ1) is 14.0. The van der Waals surface area contributed by atoms with Gasteiger partial charge in [-0.2, -0.15) is 5.10 Å². The van der Waals surface area contributed by atoms with Gasteiger partial charge >= 0.3 is 0 Å². The molecule has 2 aromatic carbocycles. The number of aromatic nitrogens is 2. The van der Waals surface area contributed by atoms with Crippen molar-refractivity contribution < 1.29 is 14.0 Å². The first-order valence-electron chi connectivity index (χ1n) is 9.17. The maximum atomic E-state index is 14.0. The highest BCUT2D eigenvalue weighted by atomic mass is 35.5. The fourth-order valence-electron chi connectivity index (χ4n) is 3.39. The number of rotatable bonds is 3. The third-order valence-corrected chi connectivity index (χ3v) is 5.18. The van der Waals surface area contributed by atoms with Crippen molar-refractivity contribution in [1.29, 1.82) is 0 Å². The minimum atomic E-state index is -0.608. The monoisotopic (exact) mass is 412 g/mol. The van der Waals surface area contributed by atoms with Gasteiger partial charge in [-0.3, -0.25) is 14.7 Å². The van der Waals surface area contributed by atoms with Crippen LogP contribution < -0.4 is 0 Å². The van der Waals surface area contributed by atoms with Crippen LogP contribution in [0.3, 0.4) is 0 Å². The topological polar surface area (TPSA) is 69.3 Å². The molecule has 0 atom stereocenters. The van der Waals surface area contributed by atoms with Gasteiger partial charge in [0.1, 0.15) is 5.82 Å². The second-order valence-corrected chi connectivity index (χ2v) is 7.17. The zero-order valence-electron chi connectivity index (χ0n) is 15.4. The Bertz CT molecular complexity index is 1050. The van der Waals surface area contributed by atoms with E-state index in [-0.39, 0.29) is 11.5 Å². The summed E-state index contributed by atoms with van der Waals surface area (Å²) in [6, 6.07) is 13.4. The Labute approximate surface area is 171 Å². The molecule has 1 N–H and O–H groups in total. The number of hydrogen-bond acceptors (Lipinski definition) is 3. The number of amides is 2. The molecule has 3 aromatic rings. The summed E-state index contributed by atoms with van der Waals surface area (Å²) in [5.74, 6) is -1.19. The number of piperazine rings is 1. The molecule has 0 unspecified atom stereocenters. The normalized spacial score (nSPS) is 14.1. The van der Waals surface area contributed by atoms with Gasteiger partial charge in [0.2, 0.25) is 0 Å². The molecule has 0 radical (unpaired) electrons. The molecule has 4 rings (SSSR count). The van der Waals surface area contributed by atoms with E-state index in [1.165, 1.54) is 29.3 Å². The Hall–Kier alpha value is -3.19. The van der Waals surface area contributed by atoms with Crippen molar-refractivity contribution in [2.24, 2.45) is 0 Å². The van der Waals surface area contributed by atoms with E-state index in [1.807, 2.05) is 30.3 Å². The molecular formula is C21H18ClFN4O2. The van der Waals surface area contributed by atoms with Gasteiger partial charge in [-0.05, 0) is 18.2 Å². The number of H-pyrrole nitrogens is 1. The molecule has 1 fully saturated rings. The second kappa shape index (κ2) is 8.05. The molecule has 0 aliphatic carbocycles. The van der Waals surface area contributed by atoms with E-state index < -0.39 is 11.7 Å². The molecule has 1 saturated heterocycles. The van der Waals surface area contributed by atoms with E-state index in [4.69, 9.17) is 11.6 Å². The van der Waals surface area contributed by atoms with E-state index in [1.54, 1.807) is 4.90 Å². The average Bonchev–Trinajstić information content (AvgIpc) is 3.25. The van der Waals surface area contributed by atoms with Gasteiger partial charge in [-0.15, -0.1) is 0 Å².